The van der Waals surface area contributed by atoms with Crippen molar-refractivity contribution in [3.8, 4) is 0 Å². The Morgan fingerprint density at radius 2 is 2.08 bits per heavy atom. The van der Waals surface area contributed by atoms with E-state index in [1.807, 2.05) is 0 Å². The first-order chi connectivity index (χ1) is 12.0. The van der Waals surface area contributed by atoms with Gasteiger partial charge in [-0.05, 0) is 30.5 Å². The van der Waals surface area contributed by atoms with Crippen LogP contribution >= 0.6 is 22.7 Å². The van der Waals surface area contributed by atoms with E-state index in [2.05, 4.69) is 5.32 Å². The summed E-state index contributed by atoms with van der Waals surface area (Å²) in [5.74, 6) is -0.872. The first-order valence-electron chi connectivity index (χ1n) is 7.23. The van der Waals surface area contributed by atoms with Gasteiger partial charge in [0.05, 0.1) is 22.0 Å². The molecule has 0 saturated carbocycles. The molecule has 1 aromatic carbocycles. The van der Waals surface area contributed by atoms with Gasteiger partial charge in [-0.2, -0.15) is 0 Å². The highest BCUT2D eigenvalue weighted by atomic mass is 32.1. The molecule has 3 aromatic rings. The Morgan fingerprint density at radius 3 is 2.80 bits per heavy atom. The summed E-state index contributed by atoms with van der Waals surface area (Å²) in [7, 11) is 0. The van der Waals surface area contributed by atoms with Crippen LogP contribution in [0.5, 0.6) is 0 Å². The monoisotopic (exact) mass is 376 g/mol. The maximum atomic E-state index is 12.5. The van der Waals surface area contributed by atoms with Crippen LogP contribution in [0, 0.1) is 10.1 Å². The van der Waals surface area contributed by atoms with Gasteiger partial charge in [0.1, 0.15) is 5.00 Å². The van der Waals surface area contributed by atoms with Crippen molar-refractivity contribution in [1.82, 2.24) is 0 Å². The lowest BCUT2D eigenvalue weighted by Crippen LogP contribution is -2.13. The third-order valence-corrected chi connectivity index (χ3v) is 5.27. The number of nitrogens with zero attached hydrogens (tertiary/aromatic N) is 1. The molecule has 0 bridgehead atoms. The number of carbonyl (C=O) groups is 2. The number of amides is 1. The van der Waals surface area contributed by atoms with E-state index in [0.717, 1.165) is 4.70 Å². The number of fused-ring (bicyclic) bond motifs is 1. The molecule has 25 heavy (non-hydrogen) atoms. The topological polar surface area (TPSA) is 98.5 Å². The van der Waals surface area contributed by atoms with E-state index in [4.69, 9.17) is 4.74 Å². The highest BCUT2D eigenvalue weighted by molar-refractivity contribution is 7.21. The third kappa shape index (κ3) is 3.52. The number of ether oxygens (including phenoxy) is 1. The van der Waals surface area contributed by atoms with Crippen molar-refractivity contribution in [3.63, 3.8) is 0 Å². The number of nitrogens with one attached hydrogen (secondary N) is 1. The molecule has 9 heteroatoms. The quantitative estimate of drug-likeness (QED) is 0.407. The molecule has 0 fully saturated rings. The van der Waals surface area contributed by atoms with Gasteiger partial charge >= 0.3 is 5.97 Å². The van der Waals surface area contributed by atoms with Crippen LogP contribution in [0.2, 0.25) is 0 Å². The van der Waals surface area contributed by atoms with Crippen molar-refractivity contribution >= 4 is 55.3 Å². The van der Waals surface area contributed by atoms with Crippen LogP contribution in [-0.4, -0.2) is 23.4 Å². The minimum atomic E-state index is -0.494. The molecule has 0 radical (unpaired) electrons. The summed E-state index contributed by atoms with van der Waals surface area (Å²) in [6, 6.07) is 7.63. The number of thiophene rings is 2. The number of esters is 1. The van der Waals surface area contributed by atoms with Crippen LogP contribution in [0.15, 0.2) is 35.7 Å². The summed E-state index contributed by atoms with van der Waals surface area (Å²) in [6.45, 7) is 1.95. The van der Waals surface area contributed by atoms with E-state index in [0.29, 0.717) is 20.8 Å². The standard InChI is InChI=1S/C16H12N2O5S2/c1-2-23-16(20)11-5-6-24-15(11)17-14(19)13-8-9-7-10(18(21)22)3-4-12(9)25-13/h3-8H,2H2,1H3,(H,17,19). The molecule has 1 N–H and O–H groups in total. The molecule has 0 aliphatic heterocycles. The number of non-ortho nitro benzene ring substituents is 1. The first kappa shape index (κ1) is 17.1. The molecule has 0 atom stereocenters. The maximum absolute atomic E-state index is 12.5. The van der Waals surface area contributed by atoms with Crippen LogP contribution < -0.4 is 5.32 Å². The fourth-order valence-corrected chi connectivity index (χ4v) is 3.91. The molecule has 0 saturated heterocycles. The predicted molar refractivity (Wildman–Crippen MR) is 96.7 cm³/mol. The fraction of sp³-hybridized carbons (Fsp3) is 0.125. The average Bonchev–Trinajstić information content (AvgIpc) is 3.20. The van der Waals surface area contributed by atoms with Gasteiger partial charge in [0, 0.05) is 22.2 Å². The lowest BCUT2D eigenvalue weighted by molar-refractivity contribution is -0.384. The van der Waals surface area contributed by atoms with Gasteiger partial charge in [-0.3, -0.25) is 14.9 Å². The van der Waals surface area contributed by atoms with Crippen molar-refractivity contribution in [1.29, 1.82) is 0 Å². The third-order valence-electron chi connectivity index (χ3n) is 3.32. The summed E-state index contributed by atoms with van der Waals surface area (Å²) < 4.78 is 5.72. The smallest absolute Gasteiger partial charge is 0.341 e. The maximum Gasteiger partial charge on any atom is 0.341 e. The van der Waals surface area contributed by atoms with E-state index in [1.165, 1.54) is 34.8 Å². The molecular formula is C16H12N2O5S2. The molecule has 0 aliphatic carbocycles. The van der Waals surface area contributed by atoms with Crippen LogP contribution in [-0.2, 0) is 4.74 Å². The Morgan fingerprint density at radius 1 is 1.28 bits per heavy atom. The number of anilines is 1. The molecular weight excluding hydrogens is 364 g/mol. The zero-order chi connectivity index (χ0) is 18.0. The van der Waals surface area contributed by atoms with Crippen LogP contribution in [0.25, 0.3) is 10.1 Å². The molecule has 0 unspecified atom stereocenters. The summed E-state index contributed by atoms with van der Waals surface area (Å²) >= 11 is 2.45. The number of nitro benzene ring substituents is 1. The van der Waals surface area contributed by atoms with Crippen molar-refractivity contribution < 1.29 is 19.2 Å². The summed E-state index contributed by atoms with van der Waals surface area (Å²) in [5.41, 5.74) is 0.275. The van der Waals surface area contributed by atoms with E-state index >= 15 is 0 Å². The Labute approximate surface area is 150 Å². The number of benzene rings is 1. The highest BCUT2D eigenvalue weighted by Gasteiger charge is 2.18. The Hall–Kier alpha value is -2.78. The van der Waals surface area contributed by atoms with E-state index < -0.39 is 10.9 Å². The number of nitro groups is 1. The fourth-order valence-electron chi connectivity index (χ4n) is 2.20. The largest absolute Gasteiger partial charge is 0.462 e. The Kier molecular flexibility index (Phi) is 4.77. The molecule has 7 nitrogen and oxygen atoms in total. The molecule has 3 rings (SSSR count). The second-order valence-electron chi connectivity index (χ2n) is 4.93. The molecule has 0 spiro atoms. The number of rotatable bonds is 5. The van der Waals surface area contributed by atoms with Crippen molar-refractivity contribution in [3.05, 3.63) is 56.3 Å². The van der Waals surface area contributed by atoms with E-state index in [1.54, 1.807) is 30.5 Å². The zero-order valence-electron chi connectivity index (χ0n) is 13.0. The van der Waals surface area contributed by atoms with Crippen molar-refractivity contribution in [2.24, 2.45) is 0 Å². The Bertz CT molecular complexity index is 976. The van der Waals surface area contributed by atoms with Gasteiger partial charge in [-0.15, -0.1) is 22.7 Å². The van der Waals surface area contributed by atoms with Gasteiger partial charge in [0.2, 0.25) is 0 Å². The number of carbonyl (C=O) groups excluding carboxylic acids is 2. The lowest BCUT2D eigenvalue weighted by Gasteiger charge is -2.04. The van der Waals surface area contributed by atoms with Crippen LogP contribution in [0.4, 0.5) is 10.7 Å². The van der Waals surface area contributed by atoms with Crippen molar-refractivity contribution in [2.45, 2.75) is 6.92 Å². The van der Waals surface area contributed by atoms with E-state index in [-0.39, 0.29) is 18.2 Å². The number of hydrogen-bond donors (Lipinski definition) is 1. The van der Waals surface area contributed by atoms with Gasteiger partial charge in [-0.1, -0.05) is 0 Å². The van der Waals surface area contributed by atoms with Gasteiger partial charge < -0.3 is 10.1 Å². The molecule has 0 aliphatic rings. The van der Waals surface area contributed by atoms with Gasteiger partial charge in [0.25, 0.3) is 11.6 Å². The summed E-state index contributed by atoms with van der Waals surface area (Å²) in [6.07, 6.45) is 0. The number of hydrogen-bond acceptors (Lipinski definition) is 7. The lowest BCUT2D eigenvalue weighted by atomic mass is 10.2. The van der Waals surface area contributed by atoms with E-state index in [9.17, 15) is 19.7 Å². The summed E-state index contributed by atoms with van der Waals surface area (Å²) in [5, 5.41) is 16.3. The second kappa shape index (κ2) is 6.99. The average molecular weight is 376 g/mol. The zero-order valence-corrected chi connectivity index (χ0v) is 14.6. The van der Waals surface area contributed by atoms with Crippen LogP contribution in [0.3, 0.4) is 0 Å². The predicted octanol–water partition coefficient (Wildman–Crippen LogP) is 4.30. The Balaban J connectivity index is 1.85. The van der Waals surface area contributed by atoms with Gasteiger partial charge in [0.15, 0.2) is 0 Å². The summed E-state index contributed by atoms with van der Waals surface area (Å²) in [4.78, 5) is 35.1. The highest BCUT2D eigenvalue weighted by Crippen LogP contribution is 2.31. The normalized spacial score (nSPS) is 10.6. The van der Waals surface area contributed by atoms with Crippen LogP contribution in [0.1, 0.15) is 27.0 Å². The van der Waals surface area contributed by atoms with Crippen molar-refractivity contribution in [2.75, 3.05) is 11.9 Å². The molecule has 2 aromatic heterocycles. The minimum absolute atomic E-state index is 0.0277. The van der Waals surface area contributed by atoms with Gasteiger partial charge in [-0.25, -0.2) is 4.79 Å². The molecule has 128 valence electrons. The molecule has 1 amide bonds. The second-order valence-corrected chi connectivity index (χ2v) is 6.93. The SMILES string of the molecule is CCOC(=O)c1ccsc1NC(=O)c1cc2cc([N+](=O)[O-])ccc2s1. The minimum Gasteiger partial charge on any atom is -0.462 e. The molecule has 2 heterocycles. The first-order valence-corrected chi connectivity index (χ1v) is 8.93.